The molecule has 0 radical (unpaired) electrons. The van der Waals surface area contributed by atoms with E-state index in [0.29, 0.717) is 42.7 Å². The van der Waals surface area contributed by atoms with E-state index in [0.717, 1.165) is 11.3 Å². The van der Waals surface area contributed by atoms with Gasteiger partial charge >= 0.3 is 0 Å². The van der Waals surface area contributed by atoms with E-state index in [1.807, 2.05) is 24.8 Å². The summed E-state index contributed by atoms with van der Waals surface area (Å²) in [7, 11) is -3.49. The van der Waals surface area contributed by atoms with Crippen molar-refractivity contribution in [2.45, 2.75) is 18.7 Å². The Kier molecular flexibility index (Phi) is 4.70. The summed E-state index contributed by atoms with van der Waals surface area (Å²) in [6, 6.07) is 10.5. The van der Waals surface area contributed by atoms with Gasteiger partial charge in [0.2, 0.25) is 16.0 Å². The zero-order chi connectivity index (χ0) is 18.0. The van der Waals surface area contributed by atoms with E-state index >= 15 is 0 Å². The second kappa shape index (κ2) is 6.78. The number of nitriles is 1. The molecule has 8 heteroatoms. The molecule has 25 heavy (non-hydrogen) atoms. The van der Waals surface area contributed by atoms with Crippen LogP contribution in [0.25, 0.3) is 0 Å². The fourth-order valence-corrected chi connectivity index (χ4v) is 4.16. The van der Waals surface area contributed by atoms with Crippen LogP contribution < -0.4 is 4.90 Å². The summed E-state index contributed by atoms with van der Waals surface area (Å²) >= 11 is 0. The molecule has 0 bridgehead atoms. The van der Waals surface area contributed by atoms with Crippen molar-refractivity contribution < 1.29 is 8.42 Å². The van der Waals surface area contributed by atoms with Gasteiger partial charge in [-0.25, -0.2) is 18.4 Å². The molecule has 0 spiro atoms. The molecule has 0 N–H and O–H groups in total. The SMILES string of the molecule is Cc1ccc(S(=O)(=O)N2CCN(c3nc(C)cc(C#N)n3)CC2)cc1. The van der Waals surface area contributed by atoms with Crippen molar-refractivity contribution in [2.24, 2.45) is 0 Å². The summed E-state index contributed by atoms with van der Waals surface area (Å²) in [6.07, 6.45) is 0. The van der Waals surface area contributed by atoms with Gasteiger partial charge in [-0.15, -0.1) is 0 Å². The third-order valence-electron chi connectivity index (χ3n) is 4.14. The topological polar surface area (TPSA) is 90.2 Å². The van der Waals surface area contributed by atoms with Gasteiger partial charge < -0.3 is 4.90 Å². The molecule has 1 aliphatic rings. The molecule has 1 aromatic carbocycles. The maximum absolute atomic E-state index is 12.7. The van der Waals surface area contributed by atoms with Gasteiger partial charge in [0.15, 0.2) is 0 Å². The van der Waals surface area contributed by atoms with Gasteiger partial charge in [0.05, 0.1) is 4.90 Å². The van der Waals surface area contributed by atoms with Crippen molar-refractivity contribution in [1.29, 1.82) is 5.26 Å². The largest absolute Gasteiger partial charge is 0.338 e. The molecule has 1 aromatic heterocycles. The molecule has 1 aliphatic heterocycles. The summed E-state index contributed by atoms with van der Waals surface area (Å²) in [5.41, 5.74) is 2.06. The minimum Gasteiger partial charge on any atom is -0.338 e. The third kappa shape index (κ3) is 3.62. The molecule has 3 rings (SSSR count). The van der Waals surface area contributed by atoms with E-state index in [2.05, 4.69) is 9.97 Å². The molecule has 2 aromatic rings. The Bertz CT molecular complexity index is 911. The zero-order valence-corrected chi connectivity index (χ0v) is 15.0. The van der Waals surface area contributed by atoms with Crippen molar-refractivity contribution in [3.63, 3.8) is 0 Å². The van der Waals surface area contributed by atoms with E-state index in [-0.39, 0.29) is 0 Å². The second-order valence-electron chi connectivity index (χ2n) is 6.01. The molecular formula is C17H19N5O2S. The van der Waals surface area contributed by atoms with E-state index in [4.69, 9.17) is 5.26 Å². The van der Waals surface area contributed by atoms with Crippen molar-refractivity contribution >= 4 is 16.0 Å². The smallest absolute Gasteiger partial charge is 0.243 e. The Balaban J connectivity index is 1.74. The van der Waals surface area contributed by atoms with Gasteiger partial charge in [-0.1, -0.05) is 17.7 Å². The summed E-state index contributed by atoms with van der Waals surface area (Å²) in [6.45, 7) is 5.42. The number of nitrogens with zero attached hydrogens (tertiary/aromatic N) is 5. The van der Waals surface area contributed by atoms with Crippen molar-refractivity contribution in [1.82, 2.24) is 14.3 Å². The van der Waals surface area contributed by atoms with Gasteiger partial charge in [0, 0.05) is 31.9 Å². The molecule has 0 amide bonds. The first-order chi connectivity index (χ1) is 11.9. The minimum absolute atomic E-state index is 0.310. The monoisotopic (exact) mass is 357 g/mol. The van der Waals surface area contributed by atoms with Gasteiger partial charge in [-0.2, -0.15) is 9.57 Å². The lowest BCUT2D eigenvalue weighted by Gasteiger charge is -2.34. The lowest BCUT2D eigenvalue weighted by molar-refractivity contribution is 0.382. The van der Waals surface area contributed by atoms with Gasteiger partial charge in [-0.05, 0) is 32.0 Å². The molecule has 1 saturated heterocycles. The Labute approximate surface area is 147 Å². The van der Waals surface area contributed by atoms with Crippen LogP contribution in [0.3, 0.4) is 0 Å². The number of anilines is 1. The first kappa shape index (κ1) is 17.3. The summed E-state index contributed by atoms with van der Waals surface area (Å²) in [5, 5.41) is 9.03. The van der Waals surface area contributed by atoms with E-state index in [1.165, 1.54) is 4.31 Å². The first-order valence-corrected chi connectivity index (χ1v) is 9.42. The fraction of sp³-hybridized carbons (Fsp3) is 0.353. The summed E-state index contributed by atoms with van der Waals surface area (Å²) in [4.78, 5) is 10.8. The number of aromatic nitrogens is 2. The average molecular weight is 357 g/mol. The molecule has 0 atom stereocenters. The van der Waals surface area contributed by atoms with Crippen LogP contribution >= 0.6 is 0 Å². The number of hydrogen-bond acceptors (Lipinski definition) is 6. The highest BCUT2D eigenvalue weighted by molar-refractivity contribution is 7.89. The Morgan fingerprint density at radius 2 is 1.68 bits per heavy atom. The van der Waals surface area contributed by atoms with Crippen LogP contribution in [0, 0.1) is 25.2 Å². The first-order valence-electron chi connectivity index (χ1n) is 7.98. The van der Waals surface area contributed by atoms with E-state index in [9.17, 15) is 8.42 Å². The Morgan fingerprint density at radius 1 is 1.04 bits per heavy atom. The number of hydrogen-bond donors (Lipinski definition) is 0. The lowest BCUT2D eigenvalue weighted by atomic mass is 10.2. The average Bonchev–Trinajstić information content (AvgIpc) is 2.61. The number of rotatable bonds is 3. The summed E-state index contributed by atoms with van der Waals surface area (Å²) in [5.74, 6) is 0.476. The highest BCUT2D eigenvalue weighted by Crippen LogP contribution is 2.20. The lowest BCUT2D eigenvalue weighted by Crippen LogP contribution is -2.49. The molecular weight excluding hydrogens is 338 g/mol. The van der Waals surface area contributed by atoms with Gasteiger partial charge in [0.25, 0.3) is 0 Å². The minimum atomic E-state index is -3.49. The number of aryl methyl sites for hydroxylation is 2. The van der Waals surface area contributed by atoms with Crippen LogP contribution in [0.15, 0.2) is 35.2 Å². The molecule has 130 valence electrons. The molecule has 7 nitrogen and oxygen atoms in total. The standard InChI is InChI=1S/C17H19N5O2S/c1-13-3-5-16(6-4-13)25(23,24)22-9-7-21(8-10-22)17-19-14(2)11-15(12-18)20-17/h3-6,11H,7-10H2,1-2H3. The van der Waals surface area contributed by atoms with Crippen LogP contribution in [0.5, 0.6) is 0 Å². The van der Waals surface area contributed by atoms with Crippen LogP contribution in [0.2, 0.25) is 0 Å². The predicted octanol–water partition coefficient (Wildman–Crippen LogP) is 1.48. The molecule has 0 unspecified atom stereocenters. The Hall–Kier alpha value is -2.50. The zero-order valence-electron chi connectivity index (χ0n) is 14.2. The van der Waals surface area contributed by atoms with Crippen molar-refractivity contribution in [3.8, 4) is 6.07 Å². The maximum Gasteiger partial charge on any atom is 0.243 e. The van der Waals surface area contributed by atoms with Crippen molar-refractivity contribution in [3.05, 3.63) is 47.3 Å². The third-order valence-corrected chi connectivity index (χ3v) is 6.05. The number of sulfonamides is 1. The predicted molar refractivity (Wildman–Crippen MR) is 93.6 cm³/mol. The van der Waals surface area contributed by atoms with Crippen LogP contribution in [-0.4, -0.2) is 48.9 Å². The Morgan fingerprint density at radius 3 is 2.28 bits per heavy atom. The molecule has 1 fully saturated rings. The molecule has 0 saturated carbocycles. The second-order valence-corrected chi connectivity index (χ2v) is 7.95. The fourth-order valence-electron chi connectivity index (χ4n) is 2.74. The van der Waals surface area contributed by atoms with Crippen LogP contribution in [-0.2, 0) is 10.0 Å². The van der Waals surface area contributed by atoms with Crippen LogP contribution in [0.4, 0.5) is 5.95 Å². The molecule has 0 aliphatic carbocycles. The molecule has 2 heterocycles. The van der Waals surface area contributed by atoms with Crippen molar-refractivity contribution in [2.75, 3.05) is 31.1 Å². The maximum atomic E-state index is 12.7. The highest BCUT2D eigenvalue weighted by atomic mass is 32.2. The van der Waals surface area contributed by atoms with E-state index < -0.39 is 10.0 Å². The van der Waals surface area contributed by atoms with E-state index in [1.54, 1.807) is 30.3 Å². The number of piperazine rings is 1. The summed E-state index contributed by atoms with van der Waals surface area (Å²) < 4.78 is 26.9. The normalized spacial score (nSPS) is 15.8. The quantitative estimate of drug-likeness (QED) is 0.826. The highest BCUT2D eigenvalue weighted by Gasteiger charge is 2.29. The van der Waals surface area contributed by atoms with Gasteiger partial charge in [-0.3, -0.25) is 0 Å². The number of benzene rings is 1. The van der Waals surface area contributed by atoms with Crippen LogP contribution in [0.1, 0.15) is 17.0 Å². The van der Waals surface area contributed by atoms with Gasteiger partial charge in [0.1, 0.15) is 11.8 Å².